The Morgan fingerprint density at radius 2 is 2.00 bits per heavy atom. The minimum Gasteiger partial charge on any atom is -0.493 e. The van der Waals surface area contributed by atoms with Crippen molar-refractivity contribution in [3.8, 4) is 11.5 Å². The standard InChI is InChI=1S/C18H20N2O5/c1-4-13-7-5-6-12(2)18(13)19-17(21)11-25-16-10-14(20(22)23)8-9-15(16)24-3/h5-10H,4,11H2,1-3H3,(H,19,21). The van der Waals surface area contributed by atoms with Gasteiger partial charge in [-0.05, 0) is 30.5 Å². The zero-order valence-corrected chi connectivity index (χ0v) is 14.4. The molecule has 0 aliphatic carbocycles. The summed E-state index contributed by atoms with van der Waals surface area (Å²) >= 11 is 0. The lowest BCUT2D eigenvalue weighted by molar-refractivity contribution is -0.385. The first-order valence-corrected chi connectivity index (χ1v) is 7.79. The minimum atomic E-state index is -0.534. The van der Waals surface area contributed by atoms with Gasteiger partial charge < -0.3 is 14.8 Å². The van der Waals surface area contributed by atoms with Crippen molar-refractivity contribution < 1.29 is 19.2 Å². The van der Waals surface area contributed by atoms with Crippen LogP contribution in [-0.2, 0) is 11.2 Å². The van der Waals surface area contributed by atoms with Crippen LogP contribution in [0.25, 0.3) is 0 Å². The van der Waals surface area contributed by atoms with Crippen molar-refractivity contribution in [3.63, 3.8) is 0 Å². The first-order valence-electron chi connectivity index (χ1n) is 7.79. The molecule has 2 aromatic rings. The molecule has 0 aliphatic heterocycles. The van der Waals surface area contributed by atoms with Crippen LogP contribution in [0.2, 0.25) is 0 Å². The molecule has 7 nitrogen and oxygen atoms in total. The number of aryl methyl sites for hydroxylation is 2. The molecule has 2 rings (SSSR count). The fourth-order valence-electron chi connectivity index (χ4n) is 2.41. The van der Waals surface area contributed by atoms with Gasteiger partial charge >= 0.3 is 0 Å². The Bertz CT molecular complexity index is 789. The first-order chi connectivity index (χ1) is 12.0. The van der Waals surface area contributed by atoms with Gasteiger partial charge in [-0.3, -0.25) is 14.9 Å². The van der Waals surface area contributed by atoms with Crippen LogP contribution in [0.3, 0.4) is 0 Å². The molecule has 7 heteroatoms. The van der Waals surface area contributed by atoms with E-state index in [0.717, 1.165) is 23.2 Å². The van der Waals surface area contributed by atoms with Gasteiger partial charge in [0.25, 0.3) is 11.6 Å². The third-order valence-corrected chi connectivity index (χ3v) is 3.72. The maximum Gasteiger partial charge on any atom is 0.273 e. The molecule has 0 spiro atoms. The van der Waals surface area contributed by atoms with Crippen molar-refractivity contribution in [2.45, 2.75) is 20.3 Å². The van der Waals surface area contributed by atoms with Crippen LogP contribution in [0.5, 0.6) is 11.5 Å². The summed E-state index contributed by atoms with van der Waals surface area (Å²) in [7, 11) is 1.43. The molecule has 0 saturated heterocycles. The summed E-state index contributed by atoms with van der Waals surface area (Å²) in [5, 5.41) is 13.7. The number of nitro benzene ring substituents is 1. The number of nitrogens with one attached hydrogen (secondary N) is 1. The number of carbonyl (C=O) groups is 1. The van der Waals surface area contributed by atoms with E-state index in [-0.39, 0.29) is 24.0 Å². The van der Waals surface area contributed by atoms with Crippen LogP contribution in [0.4, 0.5) is 11.4 Å². The lowest BCUT2D eigenvalue weighted by atomic mass is 10.1. The highest BCUT2D eigenvalue weighted by Crippen LogP contribution is 2.31. The van der Waals surface area contributed by atoms with E-state index in [0.29, 0.717) is 5.75 Å². The van der Waals surface area contributed by atoms with E-state index in [1.165, 1.54) is 25.3 Å². The van der Waals surface area contributed by atoms with E-state index < -0.39 is 4.92 Å². The van der Waals surface area contributed by atoms with Gasteiger partial charge in [0.1, 0.15) is 0 Å². The van der Waals surface area contributed by atoms with E-state index in [1.54, 1.807) is 0 Å². The van der Waals surface area contributed by atoms with Crippen LogP contribution >= 0.6 is 0 Å². The molecule has 1 N–H and O–H groups in total. The SMILES string of the molecule is CCc1cccc(C)c1NC(=O)COc1cc([N+](=O)[O-])ccc1OC. The fourth-order valence-corrected chi connectivity index (χ4v) is 2.41. The minimum absolute atomic E-state index is 0.136. The van der Waals surface area contributed by atoms with Crippen molar-refractivity contribution >= 4 is 17.3 Å². The molecular weight excluding hydrogens is 324 g/mol. The highest BCUT2D eigenvalue weighted by molar-refractivity contribution is 5.93. The van der Waals surface area contributed by atoms with Crippen molar-refractivity contribution in [1.82, 2.24) is 0 Å². The number of nitrogens with zero attached hydrogens (tertiary/aromatic N) is 1. The Kier molecular flexibility index (Phi) is 5.94. The number of ether oxygens (including phenoxy) is 2. The summed E-state index contributed by atoms with van der Waals surface area (Å²) in [4.78, 5) is 22.5. The molecule has 25 heavy (non-hydrogen) atoms. The summed E-state index contributed by atoms with van der Waals surface area (Å²) in [6.45, 7) is 3.64. The molecule has 0 saturated carbocycles. The van der Waals surface area contributed by atoms with Crippen molar-refractivity contribution in [1.29, 1.82) is 0 Å². The molecule has 0 unspecified atom stereocenters. The maximum absolute atomic E-state index is 12.2. The number of nitro groups is 1. The average Bonchev–Trinajstić information content (AvgIpc) is 2.61. The highest BCUT2D eigenvalue weighted by atomic mass is 16.6. The van der Waals surface area contributed by atoms with Gasteiger partial charge in [-0.25, -0.2) is 0 Å². The Hall–Kier alpha value is -3.09. The Morgan fingerprint density at radius 1 is 1.24 bits per heavy atom. The van der Waals surface area contributed by atoms with Crippen molar-refractivity contribution in [3.05, 3.63) is 57.6 Å². The van der Waals surface area contributed by atoms with Crippen LogP contribution in [0.15, 0.2) is 36.4 Å². The predicted molar refractivity (Wildman–Crippen MR) is 94.3 cm³/mol. The second-order valence-electron chi connectivity index (χ2n) is 5.39. The van der Waals surface area contributed by atoms with E-state index >= 15 is 0 Å². The van der Waals surface area contributed by atoms with Crippen molar-refractivity contribution in [2.24, 2.45) is 0 Å². The number of para-hydroxylation sites is 1. The highest BCUT2D eigenvalue weighted by Gasteiger charge is 2.15. The zero-order valence-electron chi connectivity index (χ0n) is 14.4. The van der Waals surface area contributed by atoms with E-state index in [2.05, 4.69) is 5.32 Å². The Labute approximate surface area is 145 Å². The summed E-state index contributed by atoms with van der Waals surface area (Å²) < 4.78 is 10.5. The molecule has 2 aromatic carbocycles. The summed E-state index contributed by atoms with van der Waals surface area (Å²) in [6.07, 6.45) is 0.789. The number of benzene rings is 2. The van der Waals surface area contributed by atoms with Gasteiger partial charge in [-0.1, -0.05) is 25.1 Å². The van der Waals surface area contributed by atoms with E-state index in [9.17, 15) is 14.9 Å². The summed E-state index contributed by atoms with van der Waals surface area (Å²) in [6, 6.07) is 9.78. The second kappa shape index (κ2) is 8.14. The van der Waals surface area contributed by atoms with Gasteiger partial charge in [-0.15, -0.1) is 0 Å². The van der Waals surface area contributed by atoms with E-state index in [1.807, 2.05) is 32.0 Å². The number of hydrogen-bond donors (Lipinski definition) is 1. The van der Waals surface area contributed by atoms with Crippen molar-refractivity contribution in [2.75, 3.05) is 19.0 Å². The Morgan fingerprint density at radius 3 is 2.64 bits per heavy atom. The molecule has 1 amide bonds. The van der Waals surface area contributed by atoms with Gasteiger partial charge in [0.2, 0.25) is 0 Å². The predicted octanol–water partition coefficient (Wildman–Crippen LogP) is 3.49. The number of rotatable bonds is 7. The van der Waals surface area contributed by atoms with Gasteiger partial charge in [0, 0.05) is 11.8 Å². The maximum atomic E-state index is 12.2. The van der Waals surface area contributed by atoms with Gasteiger partial charge in [0.05, 0.1) is 18.1 Å². The third-order valence-electron chi connectivity index (χ3n) is 3.72. The lowest BCUT2D eigenvalue weighted by Crippen LogP contribution is -2.21. The number of carbonyl (C=O) groups excluding carboxylic acids is 1. The molecule has 132 valence electrons. The average molecular weight is 344 g/mol. The Balaban J connectivity index is 2.10. The monoisotopic (exact) mass is 344 g/mol. The number of hydrogen-bond acceptors (Lipinski definition) is 5. The fraction of sp³-hybridized carbons (Fsp3) is 0.278. The van der Waals surface area contributed by atoms with Crippen LogP contribution in [-0.4, -0.2) is 24.5 Å². The van der Waals surface area contributed by atoms with Gasteiger partial charge in [-0.2, -0.15) is 0 Å². The lowest BCUT2D eigenvalue weighted by Gasteiger charge is -2.14. The summed E-state index contributed by atoms with van der Waals surface area (Å²) in [5.74, 6) is 0.119. The molecular formula is C18H20N2O5. The first kappa shape index (κ1) is 18.3. The van der Waals surface area contributed by atoms with Gasteiger partial charge in [0.15, 0.2) is 18.1 Å². The molecule has 0 radical (unpaired) electrons. The summed E-state index contributed by atoms with van der Waals surface area (Å²) in [5.41, 5.74) is 2.62. The third kappa shape index (κ3) is 4.47. The van der Waals surface area contributed by atoms with Crippen LogP contribution in [0.1, 0.15) is 18.1 Å². The molecule has 0 atom stereocenters. The quantitative estimate of drug-likeness (QED) is 0.613. The van der Waals surface area contributed by atoms with E-state index in [4.69, 9.17) is 9.47 Å². The molecule has 0 bridgehead atoms. The number of methoxy groups -OCH3 is 1. The smallest absolute Gasteiger partial charge is 0.273 e. The molecule has 0 heterocycles. The normalized spacial score (nSPS) is 10.2. The molecule has 0 aromatic heterocycles. The zero-order chi connectivity index (χ0) is 18.4. The topological polar surface area (TPSA) is 90.7 Å². The molecule has 0 fully saturated rings. The number of non-ortho nitro benzene ring substituents is 1. The number of anilines is 1. The molecule has 0 aliphatic rings. The number of amides is 1. The largest absolute Gasteiger partial charge is 0.493 e. The van der Waals surface area contributed by atoms with Crippen LogP contribution in [0, 0.1) is 17.0 Å². The van der Waals surface area contributed by atoms with Crippen LogP contribution < -0.4 is 14.8 Å². The second-order valence-corrected chi connectivity index (χ2v) is 5.39.